The van der Waals surface area contributed by atoms with E-state index in [1.165, 1.54) is 0 Å². The Morgan fingerprint density at radius 1 is 1.26 bits per heavy atom. The number of rotatable bonds is 4. The molecule has 1 aromatic heterocycles. The second kappa shape index (κ2) is 5.34. The van der Waals surface area contributed by atoms with Crippen molar-refractivity contribution in [2.75, 3.05) is 20.2 Å². The molecular weight excluding hydrogens is 240 g/mol. The van der Waals surface area contributed by atoms with Crippen LogP contribution >= 0.6 is 0 Å². The molecule has 1 amide bonds. The summed E-state index contributed by atoms with van der Waals surface area (Å²) >= 11 is 0. The van der Waals surface area contributed by atoms with Gasteiger partial charge in [-0.1, -0.05) is 0 Å². The predicted molar refractivity (Wildman–Crippen MR) is 76.7 cm³/mol. The minimum absolute atomic E-state index is 0.0719. The zero-order chi connectivity index (χ0) is 14.0. The fourth-order valence-electron chi connectivity index (χ4n) is 2.31. The van der Waals surface area contributed by atoms with Gasteiger partial charge in [-0.3, -0.25) is 4.79 Å². The molecule has 0 N–H and O–H groups in total. The Kier molecular flexibility index (Phi) is 3.79. The zero-order valence-electron chi connectivity index (χ0n) is 11.9. The predicted octanol–water partition coefficient (Wildman–Crippen LogP) is 2.67. The van der Waals surface area contributed by atoms with Gasteiger partial charge in [0.1, 0.15) is 11.4 Å². The highest BCUT2D eigenvalue weighted by Gasteiger charge is 2.17. The van der Waals surface area contributed by atoms with Crippen molar-refractivity contribution in [2.24, 2.45) is 7.05 Å². The Morgan fingerprint density at radius 2 is 1.95 bits per heavy atom. The molecule has 1 aromatic carbocycles. The Balaban J connectivity index is 2.50. The van der Waals surface area contributed by atoms with E-state index in [1.54, 1.807) is 7.11 Å². The molecule has 4 nitrogen and oxygen atoms in total. The number of carbonyl (C=O) groups excluding carboxylic acids is 1. The molecule has 4 heteroatoms. The van der Waals surface area contributed by atoms with Crippen LogP contribution in [0.2, 0.25) is 0 Å². The van der Waals surface area contributed by atoms with Crippen LogP contribution in [0.15, 0.2) is 24.3 Å². The first-order valence-corrected chi connectivity index (χ1v) is 6.55. The lowest BCUT2D eigenvalue weighted by Crippen LogP contribution is -2.31. The van der Waals surface area contributed by atoms with Crippen molar-refractivity contribution in [1.82, 2.24) is 9.47 Å². The van der Waals surface area contributed by atoms with Crippen LogP contribution in [0.3, 0.4) is 0 Å². The lowest BCUT2D eigenvalue weighted by Gasteiger charge is -2.18. The number of fused-ring (bicyclic) bond motifs is 1. The summed E-state index contributed by atoms with van der Waals surface area (Å²) in [6, 6.07) is 7.78. The number of carbonyl (C=O) groups is 1. The van der Waals surface area contributed by atoms with Gasteiger partial charge in [0.2, 0.25) is 0 Å². The Hall–Kier alpha value is -1.97. The van der Waals surface area contributed by atoms with Gasteiger partial charge >= 0.3 is 0 Å². The summed E-state index contributed by atoms with van der Waals surface area (Å²) in [6.07, 6.45) is 0. The molecule has 0 radical (unpaired) electrons. The molecule has 1 heterocycles. The summed E-state index contributed by atoms with van der Waals surface area (Å²) in [5, 5.41) is 1.05. The minimum atomic E-state index is 0.0719. The van der Waals surface area contributed by atoms with Crippen molar-refractivity contribution in [3.05, 3.63) is 30.0 Å². The third kappa shape index (κ3) is 2.30. The van der Waals surface area contributed by atoms with E-state index in [2.05, 4.69) is 0 Å². The number of amides is 1. The molecule has 19 heavy (non-hydrogen) atoms. The maximum atomic E-state index is 12.4. The molecule has 102 valence electrons. The fourth-order valence-corrected chi connectivity index (χ4v) is 2.31. The lowest BCUT2D eigenvalue weighted by atomic mass is 10.2. The summed E-state index contributed by atoms with van der Waals surface area (Å²) in [5.41, 5.74) is 1.72. The van der Waals surface area contributed by atoms with Crippen molar-refractivity contribution in [2.45, 2.75) is 13.8 Å². The van der Waals surface area contributed by atoms with Gasteiger partial charge in [0, 0.05) is 31.6 Å². The summed E-state index contributed by atoms with van der Waals surface area (Å²) in [5.74, 6) is 0.873. The highest BCUT2D eigenvalue weighted by atomic mass is 16.5. The number of hydrogen-bond donors (Lipinski definition) is 0. The van der Waals surface area contributed by atoms with Gasteiger partial charge < -0.3 is 14.2 Å². The number of aromatic nitrogens is 1. The molecule has 0 atom stereocenters. The number of aryl methyl sites for hydroxylation is 1. The van der Waals surface area contributed by atoms with Gasteiger partial charge in [-0.15, -0.1) is 0 Å². The van der Waals surface area contributed by atoms with Crippen LogP contribution in [-0.2, 0) is 7.05 Å². The third-order valence-electron chi connectivity index (χ3n) is 3.52. The Bertz CT molecular complexity index is 597. The molecule has 0 aliphatic heterocycles. The second-order valence-electron chi connectivity index (χ2n) is 4.49. The van der Waals surface area contributed by atoms with E-state index in [4.69, 9.17) is 4.74 Å². The lowest BCUT2D eigenvalue weighted by molar-refractivity contribution is 0.0764. The monoisotopic (exact) mass is 260 g/mol. The average Bonchev–Trinajstić information content (AvgIpc) is 2.77. The van der Waals surface area contributed by atoms with Gasteiger partial charge in [-0.2, -0.15) is 0 Å². The van der Waals surface area contributed by atoms with E-state index in [0.29, 0.717) is 5.69 Å². The quantitative estimate of drug-likeness (QED) is 0.847. The molecular formula is C15H20N2O2. The summed E-state index contributed by atoms with van der Waals surface area (Å²) < 4.78 is 7.16. The van der Waals surface area contributed by atoms with Crippen molar-refractivity contribution in [3.8, 4) is 5.75 Å². The minimum Gasteiger partial charge on any atom is -0.497 e. The number of methoxy groups -OCH3 is 1. The molecule has 0 saturated heterocycles. The molecule has 0 saturated carbocycles. The third-order valence-corrected chi connectivity index (χ3v) is 3.52. The second-order valence-corrected chi connectivity index (χ2v) is 4.49. The largest absolute Gasteiger partial charge is 0.497 e. The average molecular weight is 260 g/mol. The van der Waals surface area contributed by atoms with E-state index in [0.717, 1.165) is 29.7 Å². The molecule has 0 unspecified atom stereocenters. The number of nitrogens with zero attached hydrogens (tertiary/aromatic N) is 2. The van der Waals surface area contributed by atoms with Crippen LogP contribution in [-0.4, -0.2) is 35.6 Å². The summed E-state index contributed by atoms with van der Waals surface area (Å²) in [7, 11) is 3.56. The van der Waals surface area contributed by atoms with Gasteiger partial charge in [0.05, 0.1) is 12.6 Å². The van der Waals surface area contributed by atoms with Gasteiger partial charge in [0.15, 0.2) is 0 Å². The van der Waals surface area contributed by atoms with Crippen molar-refractivity contribution >= 4 is 16.8 Å². The topological polar surface area (TPSA) is 34.5 Å². The Labute approximate surface area is 113 Å². The van der Waals surface area contributed by atoms with Crippen LogP contribution in [0.25, 0.3) is 10.9 Å². The number of ether oxygens (including phenoxy) is 1. The van der Waals surface area contributed by atoms with Crippen LogP contribution in [0.1, 0.15) is 24.3 Å². The summed E-state index contributed by atoms with van der Waals surface area (Å²) in [6.45, 7) is 5.43. The van der Waals surface area contributed by atoms with Crippen LogP contribution in [0, 0.1) is 0 Å². The first kappa shape index (κ1) is 13.5. The molecule has 2 aromatic rings. The highest BCUT2D eigenvalue weighted by molar-refractivity contribution is 5.99. The van der Waals surface area contributed by atoms with Crippen molar-refractivity contribution in [3.63, 3.8) is 0 Å². The van der Waals surface area contributed by atoms with Crippen LogP contribution in [0.5, 0.6) is 5.75 Å². The normalized spacial score (nSPS) is 10.7. The maximum Gasteiger partial charge on any atom is 0.270 e. The molecule has 2 rings (SSSR count). The van der Waals surface area contributed by atoms with Gasteiger partial charge in [0.25, 0.3) is 5.91 Å². The number of hydrogen-bond acceptors (Lipinski definition) is 2. The van der Waals surface area contributed by atoms with E-state index in [1.807, 2.05) is 54.6 Å². The van der Waals surface area contributed by atoms with E-state index < -0.39 is 0 Å². The van der Waals surface area contributed by atoms with Gasteiger partial charge in [-0.05, 0) is 32.0 Å². The standard InChI is InChI=1S/C15H20N2O2/c1-5-17(6-2)15(18)14-9-11-7-8-12(19-4)10-13(11)16(14)3/h7-10H,5-6H2,1-4H3. The Morgan fingerprint density at radius 3 is 2.53 bits per heavy atom. The number of benzene rings is 1. The van der Waals surface area contributed by atoms with E-state index >= 15 is 0 Å². The molecule has 0 spiro atoms. The zero-order valence-corrected chi connectivity index (χ0v) is 11.9. The maximum absolute atomic E-state index is 12.4. The SMILES string of the molecule is CCN(CC)C(=O)c1cc2ccc(OC)cc2n1C. The first-order valence-electron chi connectivity index (χ1n) is 6.55. The molecule has 0 fully saturated rings. The first-order chi connectivity index (χ1) is 9.12. The van der Waals surface area contributed by atoms with Crippen molar-refractivity contribution in [1.29, 1.82) is 0 Å². The highest BCUT2D eigenvalue weighted by Crippen LogP contribution is 2.24. The fraction of sp³-hybridized carbons (Fsp3) is 0.400. The van der Waals surface area contributed by atoms with Crippen molar-refractivity contribution < 1.29 is 9.53 Å². The van der Waals surface area contributed by atoms with Crippen LogP contribution < -0.4 is 4.74 Å². The molecule has 0 aliphatic carbocycles. The van der Waals surface area contributed by atoms with E-state index in [9.17, 15) is 4.79 Å². The van der Waals surface area contributed by atoms with Gasteiger partial charge in [-0.25, -0.2) is 0 Å². The smallest absolute Gasteiger partial charge is 0.270 e. The van der Waals surface area contributed by atoms with E-state index in [-0.39, 0.29) is 5.91 Å². The molecule has 0 bridgehead atoms. The molecule has 0 aliphatic rings. The summed E-state index contributed by atoms with van der Waals surface area (Å²) in [4.78, 5) is 14.3. The van der Waals surface area contributed by atoms with Crippen LogP contribution in [0.4, 0.5) is 0 Å².